The smallest absolute Gasteiger partial charge is 0.245 e. The number of aliphatic imine (C=N–C) groups is 3. The third-order valence-corrected chi connectivity index (χ3v) is 18.2. The second kappa shape index (κ2) is 57.7. The maximum atomic E-state index is 14.6. The Morgan fingerprint density at radius 2 is 0.546 bits per heavy atom. The highest BCUT2D eigenvalue weighted by Gasteiger charge is 2.39. The van der Waals surface area contributed by atoms with E-state index in [1.54, 1.807) is 41.5 Å². The van der Waals surface area contributed by atoms with Gasteiger partial charge in [-0.1, -0.05) is 55.4 Å². The van der Waals surface area contributed by atoms with E-state index in [9.17, 15) is 87.2 Å². The summed E-state index contributed by atoms with van der Waals surface area (Å²) in [6, 6.07) is -19.9. The first-order valence-corrected chi connectivity index (χ1v) is 40.4. The second-order valence-corrected chi connectivity index (χ2v) is 31.3. The van der Waals surface area contributed by atoms with Crippen molar-refractivity contribution < 1.29 is 87.2 Å². The summed E-state index contributed by atoms with van der Waals surface area (Å²) in [7, 11) is 0. The van der Waals surface area contributed by atoms with E-state index in [-0.39, 0.29) is 158 Å². The maximum absolute atomic E-state index is 14.6. The van der Waals surface area contributed by atoms with Crippen molar-refractivity contribution >= 4 is 106 Å². The van der Waals surface area contributed by atoms with Crippen LogP contribution in [-0.2, 0) is 71.9 Å². The number of guanidine groups is 3. The van der Waals surface area contributed by atoms with Gasteiger partial charge in [0.2, 0.25) is 88.6 Å². The molecule has 0 aliphatic rings. The lowest BCUT2D eigenvalue weighted by molar-refractivity contribution is -0.137. The number of nitrogens with zero attached hydrogens (tertiary/aromatic N) is 3. The van der Waals surface area contributed by atoms with Gasteiger partial charge in [0.25, 0.3) is 0 Å². The largest absolute Gasteiger partial charge is 0.391 e. The number of hydrogen-bond donors (Lipinski definition) is 27. The summed E-state index contributed by atoms with van der Waals surface area (Å²) in [5.41, 5.74) is 56.2. The van der Waals surface area contributed by atoms with Gasteiger partial charge in [0.15, 0.2) is 17.9 Å². The summed E-state index contributed by atoms with van der Waals surface area (Å²) in [5, 5.41) is 67.2. The van der Waals surface area contributed by atoms with Crippen LogP contribution in [0.15, 0.2) is 15.0 Å². The molecule has 0 heterocycles. The minimum absolute atomic E-state index is 0.00809. The highest BCUT2D eigenvalue weighted by Crippen LogP contribution is 2.15. The number of nitrogens with two attached hydrogens (primary N) is 10. The summed E-state index contributed by atoms with van der Waals surface area (Å²) in [6.45, 7) is 19.8. The van der Waals surface area contributed by atoms with Gasteiger partial charge in [-0.25, -0.2) is 0 Å². The van der Waals surface area contributed by atoms with E-state index in [0.717, 1.165) is 0 Å². The molecule has 119 heavy (non-hydrogen) atoms. The lowest BCUT2D eigenvalue weighted by Crippen LogP contribution is -2.62. The minimum atomic E-state index is -1.82. The van der Waals surface area contributed by atoms with Crippen molar-refractivity contribution in [2.45, 2.75) is 296 Å². The molecule has 15 amide bonds. The number of nitrogens with one attached hydrogen (secondary N) is 14. The molecule has 45 nitrogen and oxygen atoms in total. The van der Waals surface area contributed by atoms with Gasteiger partial charge in [0.1, 0.15) is 84.6 Å². The SMILES string of the molecule is CC(C)C[C@H](NC(=O)[C@H](C)NC(=O)[C@@H](NC(=O)[C@H](C)NC(=O)[C@H](CC(C)C)NC(=O)[C@H](CCCCN)NC(=O)[C@H](CC(C)C)NC(=O)CNC(=O)[C@H](CCCN=C(N)N)NC(=O)[C@H](CCCCN)NC(=O)[C@H](CCCN=C(N)N)NC(=O)[C@@H](NC(=O)[C@H](CC(C)C)NC(=O)[C@H](CCCN=C(N)N)NC(=O)[C@@H](N)[C@@H](C)O)[C@@H](C)O)[C@@H](C)O)C(N)=O. The number of hydrogen-bond acceptors (Lipinski definition) is 24. The first-order chi connectivity index (χ1) is 55.6. The number of amides is 15. The van der Waals surface area contributed by atoms with Crippen LogP contribution < -0.4 is 132 Å². The first-order valence-electron chi connectivity index (χ1n) is 40.4. The summed E-state index contributed by atoms with van der Waals surface area (Å²) >= 11 is 0. The predicted molar refractivity (Wildman–Crippen MR) is 445 cm³/mol. The van der Waals surface area contributed by atoms with Crippen molar-refractivity contribution in [1.29, 1.82) is 0 Å². The Morgan fingerprint density at radius 3 is 0.882 bits per heavy atom. The molecule has 0 fully saturated rings. The monoisotopic (exact) mass is 1700 g/mol. The average Bonchev–Trinajstić information content (AvgIpc) is 0.857. The first kappa shape index (κ1) is 109. The average molecular weight is 1700 g/mol. The van der Waals surface area contributed by atoms with Crippen LogP contribution in [-0.4, -0.2) is 264 Å². The molecule has 0 bridgehead atoms. The van der Waals surface area contributed by atoms with Crippen LogP contribution in [0.1, 0.15) is 193 Å². The second-order valence-electron chi connectivity index (χ2n) is 31.3. The Morgan fingerprint density at radius 1 is 0.286 bits per heavy atom. The molecular formula is C74H141N27O18. The summed E-state index contributed by atoms with van der Waals surface area (Å²) in [5.74, 6) is -15.3. The highest BCUT2D eigenvalue weighted by molar-refractivity contribution is 6.00. The third-order valence-electron chi connectivity index (χ3n) is 18.2. The quantitative estimate of drug-likeness (QED) is 0.0153. The number of primary amides is 1. The summed E-state index contributed by atoms with van der Waals surface area (Å²) in [4.78, 5) is 220. The van der Waals surface area contributed by atoms with Gasteiger partial charge in [0, 0.05) is 19.6 Å². The topological polar surface area (TPSA) is 782 Å². The van der Waals surface area contributed by atoms with Crippen molar-refractivity contribution in [2.24, 2.45) is 96.0 Å². The molecule has 0 radical (unpaired) electrons. The molecule has 0 aliphatic heterocycles. The van der Waals surface area contributed by atoms with Gasteiger partial charge in [-0.05, 0) is 174 Å². The predicted octanol–water partition coefficient (Wildman–Crippen LogP) is -9.00. The molecule has 17 atom stereocenters. The molecule has 0 aromatic carbocycles. The molecular weight excluding hydrogens is 1550 g/mol. The molecule has 0 aliphatic carbocycles. The number of carbonyl (C=O) groups excluding carboxylic acids is 15. The molecule has 680 valence electrons. The van der Waals surface area contributed by atoms with E-state index in [2.05, 4.69) is 89.4 Å². The number of unbranched alkanes of at least 4 members (excludes halogenated alkanes) is 2. The van der Waals surface area contributed by atoms with E-state index >= 15 is 0 Å². The van der Waals surface area contributed by atoms with E-state index in [4.69, 9.17) is 57.3 Å². The Hall–Kier alpha value is -10.4. The fourth-order valence-corrected chi connectivity index (χ4v) is 11.7. The van der Waals surface area contributed by atoms with Crippen molar-refractivity contribution in [3.63, 3.8) is 0 Å². The number of carbonyl (C=O) groups is 15. The fourth-order valence-electron chi connectivity index (χ4n) is 11.7. The molecule has 37 N–H and O–H groups in total. The fraction of sp³-hybridized carbons (Fsp3) is 0.757. The zero-order valence-corrected chi connectivity index (χ0v) is 71.3. The highest BCUT2D eigenvalue weighted by atomic mass is 16.3. The molecule has 0 unspecified atom stereocenters. The van der Waals surface area contributed by atoms with Gasteiger partial charge < -0.3 is 147 Å². The zero-order chi connectivity index (χ0) is 91.1. The molecule has 0 spiro atoms. The number of aliphatic hydroxyl groups excluding tert-OH is 3. The van der Waals surface area contributed by atoms with E-state index in [1.807, 2.05) is 13.8 Å². The van der Waals surface area contributed by atoms with E-state index in [0.29, 0.717) is 19.3 Å². The maximum Gasteiger partial charge on any atom is 0.245 e. The molecule has 0 rings (SSSR count). The van der Waals surface area contributed by atoms with Crippen LogP contribution >= 0.6 is 0 Å². The standard InChI is InChI=1S/C74H141N27O18/c1-36(2)31-50(58(78)106)97-59(107)40(9)90-70(118)56(43(12)103)100-60(108)41(10)89-66(114)52(33-38(5)6)98-64(112)47(22-15-17-27-76)94-67(115)51(32-37(3)4)91-54(105)35-88-61(109)45(23-18-28-85-72(79)80)92-62(110)46(21-14-16-26-75)93-63(111)49(25-20-30-87-74(83)84)96-71(119)57(44(13)104)101-68(116)53(34-39(7)8)99-65(113)48(24-19-29-86-73(81)82)95-69(117)55(77)42(11)102/h36-53,55-57,102-104H,14-35,75-77H2,1-13H3,(H2,78,106)(H,88,109)(H,89,114)(H,90,118)(H,91,105)(H,92,110)(H,93,111)(H,94,115)(H,95,117)(H,96,119)(H,97,107)(H,98,112)(H,99,113)(H,100,108)(H,101,116)(H4,79,80,85)(H4,81,82,86)(H4,83,84,87)/t40-,41-,42+,43+,44+,45-,46-,47-,48-,49-,50-,51-,52-,53-,55-,56-,57-/m0/s1. The van der Waals surface area contributed by atoms with Crippen molar-refractivity contribution in [3.8, 4) is 0 Å². The Labute approximate surface area is 696 Å². The van der Waals surface area contributed by atoms with Crippen LogP contribution in [0.2, 0.25) is 0 Å². The van der Waals surface area contributed by atoms with Crippen LogP contribution in [0.5, 0.6) is 0 Å². The van der Waals surface area contributed by atoms with E-state index in [1.165, 1.54) is 34.6 Å². The summed E-state index contributed by atoms with van der Waals surface area (Å²) < 4.78 is 0. The van der Waals surface area contributed by atoms with Gasteiger partial charge >= 0.3 is 0 Å². The van der Waals surface area contributed by atoms with Crippen LogP contribution in [0, 0.1) is 23.7 Å². The lowest BCUT2D eigenvalue weighted by Gasteiger charge is -2.29. The minimum Gasteiger partial charge on any atom is -0.391 e. The van der Waals surface area contributed by atoms with Crippen molar-refractivity contribution in [1.82, 2.24) is 74.4 Å². The zero-order valence-electron chi connectivity index (χ0n) is 71.3. The third kappa shape index (κ3) is 46.0. The molecule has 0 saturated heterocycles. The number of aliphatic hydroxyl groups is 3. The van der Waals surface area contributed by atoms with Gasteiger partial charge in [-0.15, -0.1) is 0 Å². The van der Waals surface area contributed by atoms with Gasteiger partial charge in [-0.3, -0.25) is 86.9 Å². The molecule has 0 aromatic rings. The normalized spacial score (nSPS) is 15.6. The Kier molecular flexibility index (Phi) is 52.7. The van der Waals surface area contributed by atoms with Gasteiger partial charge in [-0.2, -0.15) is 0 Å². The molecule has 0 aromatic heterocycles. The van der Waals surface area contributed by atoms with E-state index < -0.39 is 198 Å². The summed E-state index contributed by atoms with van der Waals surface area (Å²) in [6.07, 6.45) is -3.48. The van der Waals surface area contributed by atoms with Gasteiger partial charge in [0.05, 0.1) is 24.9 Å². The van der Waals surface area contributed by atoms with Crippen LogP contribution in [0.3, 0.4) is 0 Å². The number of rotatable bonds is 60. The molecule has 0 saturated carbocycles. The lowest BCUT2D eigenvalue weighted by atomic mass is 10.00. The Balaban J connectivity index is 7.08. The van der Waals surface area contributed by atoms with Crippen molar-refractivity contribution in [3.05, 3.63) is 0 Å². The Bertz CT molecular complexity index is 3350. The van der Waals surface area contributed by atoms with Crippen LogP contribution in [0.25, 0.3) is 0 Å². The molecule has 45 heteroatoms. The van der Waals surface area contributed by atoms with Crippen LogP contribution in [0.4, 0.5) is 0 Å². The van der Waals surface area contributed by atoms with Crippen molar-refractivity contribution in [2.75, 3.05) is 39.3 Å².